The van der Waals surface area contributed by atoms with Crippen molar-refractivity contribution in [2.75, 3.05) is 13.2 Å². The minimum Gasteiger partial charge on any atom is -0.456 e. The highest BCUT2D eigenvalue weighted by Crippen LogP contribution is 2.37. The van der Waals surface area contributed by atoms with Crippen LogP contribution < -0.4 is 0 Å². The van der Waals surface area contributed by atoms with E-state index >= 15 is 0 Å². The van der Waals surface area contributed by atoms with Crippen LogP contribution in [0, 0.1) is 0 Å². The maximum Gasteiger partial charge on any atom is 0.303 e. The fourth-order valence-electron chi connectivity index (χ4n) is 2.86. The standard InChI is InChI=1S/C16H26O7/c1-7-16(18,12-9-20-15(5,6)23-12)13(21-10(2)17)11-8-19-14(3,4)22-11/h7,11-13,18H,1,8-9H2,2-6H3/t11-,12-,13-,16-/m1/s1. The van der Waals surface area contributed by atoms with Crippen molar-refractivity contribution < 1.29 is 33.6 Å². The van der Waals surface area contributed by atoms with Crippen LogP contribution in [0.1, 0.15) is 34.6 Å². The Kier molecular flexibility index (Phi) is 4.90. The lowest BCUT2D eigenvalue weighted by Crippen LogP contribution is -2.59. The Morgan fingerprint density at radius 2 is 1.83 bits per heavy atom. The van der Waals surface area contributed by atoms with E-state index in [0.29, 0.717) is 0 Å². The summed E-state index contributed by atoms with van der Waals surface area (Å²) in [5, 5.41) is 11.2. The van der Waals surface area contributed by atoms with Crippen molar-refractivity contribution in [1.82, 2.24) is 0 Å². The first-order valence-electron chi connectivity index (χ1n) is 7.66. The molecule has 0 aromatic heterocycles. The van der Waals surface area contributed by atoms with Gasteiger partial charge in [-0.2, -0.15) is 0 Å². The van der Waals surface area contributed by atoms with E-state index in [1.807, 2.05) is 0 Å². The highest BCUT2D eigenvalue weighted by molar-refractivity contribution is 5.66. The molecule has 2 saturated heterocycles. The first-order chi connectivity index (χ1) is 10.5. The van der Waals surface area contributed by atoms with E-state index in [-0.39, 0.29) is 13.2 Å². The van der Waals surface area contributed by atoms with Gasteiger partial charge in [0.15, 0.2) is 23.3 Å². The predicted octanol–water partition coefficient (Wildman–Crippen LogP) is 1.14. The van der Waals surface area contributed by atoms with Crippen molar-refractivity contribution in [2.45, 2.75) is 70.1 Å². The number of rotatable bonds is 5. The van der Waals surface area contributed by atoms with E-state index < -0.39 is 41.5 Å². The summed E-state index contributed by atoms with van der Waals surface area (Å²) in [6.07, 6.45) is -1.11. The number of aliphatic hydroxyl groups is 1. The molecular formula is C16H26O7. The molecule has 4 atom stereocenters. The predicted molar refractivity (Wildman–Crippen MR) is 80.5 cm³/mol. The Morgan fingerprint density at radius 3 is 2.22 bits per heavy atom. The van der Waals surface area contributed by atoms with Gasteiger partial charge in [-0.15, -0.1) is 0 Å². The number of carbonyl (C=O) groups is 1. The molecule has 2 aliphatic rings. The van der Waals surface area contributed by atoms with E-state index in [4.69, 9.17) is 23.7 Å². The second kappa shape index (κ2) is 6.14. The van der Waals surface area contributed by atoms with Crippen molar-refractivity contribution in [3.8, 4) is 0 Å². The van der Waals surface area contributed by atoms with Crippen LogP contribution in [0.2, 0.25) is 0 Å². The summed E-state index contributed by atoms with van der Waals surface area (Å²) in [7, 11) is 0. The second-order valence-corrected chi connectivity index (χ2v) is 6.81. The minimum atomic E-state index is -1.67. The molecule has 1 N–H and O–H groups in total. The Bertz CT molecular complexity index is 473. The molecule has 132 valence electrons. The van der Waals surface area contributed by atoms with E-state index in [1.54, 1.807) is 27.7 Å². The fraction of sp³-hybridized carbons (Fsp3) is 0.812. The first-order valence-corrected chi connectivity index (χ1v) is 7.66. The zero-order valence-corrected chi connectivity index (χ0v) is 14.3. The van der Waals surface area contributed by atoms with E-state index in [0.717, 1.165) is 0 Å². The second-order valence-electron chi connectivity index (χ2n) is 6.81. The van der Waals surface area contributed by atoms with Gasteiger partial charge in [-0.3, -0.25) is 4.79 Å². The van der Waals surface area contributed by atoms with Gasteiger partial charge >= 0.3 is 5.97 Å². The van der Waals surface area contributed by atoms with Crippen LogP contribution in [0.25, 0.3) is 0 Å². The molecule has 2 aliphatic heterocycles. The normalized spacial score (nSPS) is 33.0. The molecule has 0 amide bonds. The summed E-state index contributed by atoms with van der Waals surface area (Å²) in [5.74, 6) is -2.20. The number of esters is 1. The van der Waals surface area contributed by atoms with Crippen LogP contribution in [0.4, 0.5) is 0 Å². The topological polar surface area (TPSA) is 83.5 Å². The highest BCUT2D eigenvalue weighted by Gasteiger charge is 2.55. The smallest absolute Gasteiger partial charge is 0.303 e. The molecule has 0 aromatic rings. The zero-order chi connectivity index (χ0) is 17.5. The van der Waals surface area contributed by atoms with E-state index in [1.165, 1.54) is 13.0 Å². The van der Waals surface area contributed by atoms with Crippen LogP contribution in [0.15, 0.2) is 12.7 Å². The Hall–Kier alpha value is -0.990. The van der Waals surface area contributed by atoms with Crippen LogP contribution in [0.3, 0.4) is 0 Å². The van der Waals surface area contributed by atoms with Crippen LogP contribution in [0.5, 0.6) is 0 Å². The van der Waals surface area contributed by atoms with E-state index in [2.05, 4.69) is 6.58 Å². The third-order valence-electron chi connectivity index (χ3n) is 3.97. The summed E-state index contributed by atoms with van der Waals surface area (Å²) in [4.78, 5) is 11.5. The molecule has 0 spiro atoms. The van der Waals surface area contributed by atoms with Gasteiger partial charge < -0.3 is 28.8 Å². The summed E-state index contributed by atoms with van der Waals surface area (Å²) < 4.78 is 27.9. The molecule has 0 bridgehead atoms. The minimum absolute atomic E-state index is 0.143. The third kappa shape index (κ3) is 3.92. The summed E-state index contributed by atoms with van der Waals surface area (Å²) >= 11 is 0. The maximum atomic E-state index is 11.5. The summed E-state index contributed by atoms with van der Waals surface area (Å²) in [6, 6.07) is 0. The highest BCUT2D eigenvalue weighted by atomic mass is 16.8. The number of hydrogen-bond donors (Lipinski definition) is 1. The summed E-state index contributed by atoms with van der Waals surface area (Å²) in [5.41, 5.74) is -1.67. The molecule has 0 radical (unpaired) electrons. The van der Waals surface area contributed by atoms with Crippen LogP contribution in [-0.4, -0.2) is 59.8 Å². The summed E-state index contributed by atoms with van der Waals surface area (Å²) in [6.45, 7) is 12.3. The van der Waals surface area contributed by atoms with Crippen molar-refractivity contribution in [1.29, 1.82) is 0 Å². The quantitative estimate of drug-likeness (QED) is 0.598. The number of carbonyl (C=O) groups excluding carboxylic acids is 1. The van der Waals surface area contributed by atoms with Gasteiger partial charge in [0.2, 0.25) is 0 Å². The molecule has 7 heteroatoms. The average Bonchev–Trinajstić information content (AvgIpc) is 2.97. The van der Waals surface area contributed by atoms with Gasteiger partial charge in [0.05, 0.1) is 13.2 Å². The van der Waals surface area contributed by atoms with Gasteiger partial charge in [-0.05, 0) is 27.7 Å². The van der Waals surface area contributed by atoms with Crippen molar-refractivity contribution in [3.05, 3.63) is 12.7 Å². The van der Waals surface area contributed by atoms with Crippen molar-refractivity contribution in [3.63, 3.8) is 0 Å². The Morgan fingerprint density at radius 1 is 1.26 bits per heavy atom. The molecule has 7 nitrogen and oxygen atoms in total. The molecule has 0 saturated carbocycles. The average molecular weight is 330 g/mol. The van der Waals surface area contributed by atoms with Gasteiger partial charge in [0, 0.05) is 6.92 Å². The molecule has 2 rings (SSSR count). The van der Waals surface area contributed by atoms with Gasteiger partial charge in [0.25, 0.3) is 0 Å². The molecule has 0 unspecified atom stereocenters. The SMILES string of the molecule is C=C[C@](O)([C@H](OC(C)=O)[C@H]1COC(C)(C)O1)[C@H]1COC(C)(C)O1. The monoisotopic (exact) mass is 330 g/mol. The maximum absolute atomic E-state index is 11.5. The van der Waals surface area contributed by atoms with Gasteiger partial charge in [-0.25, -0.2) is 0 Å². The lowest BCUT2D eigenvalue weighted by atomic mass is 9.87. The molecule has 23 heavy (non-hydrogen) atoms. The molecule has 0 aromatic carbocycles. The van der Waals surface area contributed by atoms with Crippen LogP contribution >= 0.6 is 0 Å². The van der Waals surface area contributed by atoms with Gasteiger partial charge in [0.1, 0.15) is 12.2 Å². The lowest BCUT2D eigenvalue weighted by molar-refractivity contribution is -0.215. The van der Waals surface area contributed by atoms with Crippen LogP contribution in [-0.2, 0) is 28.5 Å². The fourth-order valence-corrected chi connectivity index (χ4v) is 2.86. The number of hydrogen-bond acceptors (Lipinski definition) is 7. The third-order valence-corrected chi connectivity index (χ3v) is 3.97. The lowest BCUT2D eigenvalue weighted by Gasteiger charge is -2.39. The molecule has 0 aliphatic carbocycles. The molecular weight excluding hydrogens is 304 g/mol. The first kappa shape index (κ1) is 18.4. The largest absolute Gasteiger partial charge is 0.456 e. The van der Waals surface area contributed by atoms with Crippen molar-refractivity contribution in [2.24, 2.45) is 0 Å². The number of ether oxygens (including phenoxy) is 5. The van der Waals surface area contributed by atoms with Crippen molar-refractivity contribution >= 4 is 5.97 Å². The molecule has 2 fully saturated rings. The molecule has 2 heterocycles. The Labute approximate surface area is 136 Å². The zero-order valence-electron chi connectivity index (χ0n) is 14.3. The van der Waals surface area contributed by atoms with E-state index in [9.17, 15) is 9.90 Å². The van der Waals surface area contributed by atoms with Gasteiger partial charge in [-0.1, -0.05) is 12.7 Å². The Balaban J connectivity index is 2.28.